The SMILES string of the molecule is CCc1ccc2cc(Cl)sc2c1.Clc1cc2ccccc2s1.O.O=C=O.O=C=O.[Li+].[OH-]. The van der Waals surface area contributed by atoms with Gasteiger partial charge in [-0.3, -0.25) is 0 Å². The summed E-state index contributed by atoms with van der Waals surface area (Å²) in [5.41, 5.74) is 1.38. The van der Waals surface area contributed by atoms with Crippen molar-refractivity contribution >= 4 is 78.4 Å². The predicted octanol–water partition coefficient (Wildman–Crippen LogP) is 2.51. The van der Waals surface area contributed by atoms with Crippen LogP contribution in [-0.4, -0.2) is 23.3 Å². The molecule has 0 saturated heterocycles. The van der Waals surface area contributed by atoms with Crippen molar-refractivity contribution in [1.82, 2.24) is 0 Å². The Morgan fingerprint density at radius 3 is 1.71 bits per heavy atom. The van der Waals surface area contributed by atoms with E-state index in [0.29, 0.717) is 0 Å². The van der Waals surface area contributed by atoms with E-state index in [9.17, 15) is 0 Å². The van der Waals surface area contributed by atoms with Crippen LogP contribution in [0, 0.1) is 0 Å². The van der Waals surface area contributed by atoms with E-state index in [1.54, 1.807) is 22.7 Å². The first-order valence-electron chi connectivity index (χ1n) is 7.79. The molecule has 0 aliphatic rings. The van der Waals surface area contributed by atoms with E-state index in [4.69, 9.17) is 42.4 Å². The molecule has 0 saturated carbocycles. The molecule has 2 aromatic heterocycles. The molecule has 0 radical (unpaired) electrons. The fourth-order valence-electron chi connectivity index (χ4n) is 2.21. The Labute approximate surface area is 208 Å². The van der Waals surface area contributed by atoms with Crippen molar-refractivity contribution in [3.8, 4) is 0 Å². The van der Waals surface area contributed by atoms with Crippen LogP contribution in [0.4, 0.5) is 0 Å². The van der Waals surface area contributed by atoms with Gasteiger partial charge in [0.25, 0.3) is 0 Å². The number of thiophene rings is 2. The molecule has 4 rings (SSSR count). The van der Waals surface area contributed by atoms with Gasteiger partial charge in [-0.15, -0.1) is 22.7 Å². The van der Waals surface area contributed by atoms with E-state index in [0.717, 1.165) is 15.1 Å². The van der Waals surface area contributed by atoms with Gasteiger partial charge >= 0.3 is 31.2 Å². The summed E-state index contributed by atoms with van der Waals surface area (Å²) in [4.78, 5) is 32.5. The molecule has 0 atom stereocenters. The third-order valence-corrected chi connectivity index (χ3v) is 5.83. The second kappa shape index (κ2) is 18.9. The molecule has 0 spiro atoms. The summed E-state index contributed by atoms with van der Waals surface area (Å²) in [6.07, 6.45) is 1.59. The molecule has 0 aliphatic heterocycles. The van der Waals surface area contributed by atoms with E-state index in [1.165, 1.54) is 25.7 Å². The fourth-order valence-corrected chi connectivity index (χ4v) is 4.58. The van der Waals surface area contributed by atoms with Crippen molar-refractivity contribution in [2.75, 3.05) is 0 Å². The van der Waals surface area contributed by atoms with Crippen molar-refractivity contribution in [3.63, 3.8) is 0 Å². The van der Waals surface area contributed by atoms with Gasteiger partial charge < -0.3 is 11.0 Å². The molecule has 0 unspecified atom stereocenters. The monoisotopic (exact) mass is 494 g/mol. The zero-order chi connectivity index (χ0) is 20.9. The third kappa shape index (κ3) is 12.0. The second-order valence-corrected chi connectivity index (χ2v) is 8.46. The molecule has 31 heavy (non-hydrogen) atoms. The van der Waals surface area contributed by atoms with E-state index < -0.39 is 0 Å². The minimum absolute atomic E-state index is 0. The van der Waals surface area contributed by atoms with Gasteiger partial charge in [-0.1, -0.05) is 60.5 Å². The average molecular weight is 495 g/mol. The molecule has 2 heterocycles. The summed E-state index contributed by atoms with van der Waals surface area (Å²) >= 11 is 15.0. The van der Waals surface area contributed by atoms with Crippen molar-refractivity contribution in [3.05, 3.63) is 68.8 Å². The molecule has 0 bridgehead atoms. The summed E-state index contributed by atoms with van der Waals surface area (Å²) in [5, 5.41) is 2.49. The van der Waals surface area contributed by atoms with Crippen LogP contribution in [0.25, 0.3) is 20.2 Å². The molecule has 0 amide bonds. The smallest absolute Gasteiger partial charge is 0.870 e. The Morgan fingerprint density at radius 1 is 0.774 bits per heavy atom. The summed E-state index contributed by atoms with van der Waals surface area (Å²) in [6, 6.07) is 18.7. The van der Waals surface area contributed by atoms with Crippen LogP contribution < -0.4 is 18.9 Å². The van der Waals surface area contributed by atoms with Gasteiger partial charge in [0.05, 0.1) is 8.67 Å². The number of fused-ring (bicyclic) bond motifs is 2. The standard InChI is InChI=1S/C10H9ClS.C8H5ClS.2CO2.Li.2H2O/c1-2-7-3-4-8-6-10(11)12-9(8)5-7;9-8-5-6-3-1-2-4-7(6)10-8;2*2-1-3;;;/h3-6H,2H2,1H3;1-5H;;;;2*1H2/q;;;;+1;;/p-1. The molecule has 0 fully saturated rings. The quantitative estimate of drug-likeness (QED) is 0.375. The number of aryl methyl sites for hydroxylation is 1. The van der Waals surface area contributed by atoms with Crippen molar-refractivity contribution in [2.45, 2.75) is 13.3 Å². The molecule has 6 nitrogen and oxygen atoms in total. The number of carbonyl (C=O) groups excluding carboxylic acids is 4. The summed E-state index contributed by atoms with van der Waals surface area (Å²) in [5.74, 6) is 0. The Hall–Kier alpha value is -1.78. The van der Waals surface area contributed by atoms with Crippen molar-refractivity contribution in [2.24, 2.45) is 0 Å². The van der Waals surface area contributed by atoms with Gasteiger partial charge in [0.1, 0.15) is 0 Å². The number of benzene rings is 2. The average Bonchev–Trinajstić information content (AvgIpc) is 3.23. The number of hydrogen-bond acceptors (Lipinski definition) is 7. The van der Waals surface area contributed by atoms with Gasteiger partial charge in [0.2, 0.25) is 0 Å². The second-order valence-electron chi connectivity index (χ2n) is 5.03. The summed E-state index contributed by atoms with van der Waals surface area (Å²) in [6.45, 7) is 2.16. The predicted molar refractivity (Wildman–Crippen MR) is 119 cm³/mol. The van der Waals surface area contributed by atoms with Crippen molar-refractivity contribution in [1.29, 1.82) is 0 Å². The van der Waals surface area contributed by atoms with Gasteiger partial charge in [0, 0.05) is 9.40 Å². The normalized spacial score (nSPS) is 8.10. The van der Waals surface area contributed by atoms with E-state index in [2.05, 4.69) is 37.3 Å². The van der Waals surface area contributed by atoms with Gasteiger partial charge in [-0.2, -0.15) is 19.2 Å². The number of halogens is 2. The van der Waals surface area contributed by atoms with Crippen LogP contribution in [0.2, 0.25) is 8.67 Å². The van der Waals surface area contributed by atoms with E-state index in [-0.39, 0.29) is 42.1 Å². The largest absolute Gasteiger partial charge is 1.00 e. The van der Waals surface area contributed by atoms with Crippen LogP contribution in [0.15, 0.2) is 54.6 Å². The number of rotatable bonds is 1. The molecular formula is C20H17Cl2LiO6S2. The molecule has 11 heteroatoms. The summed E-state index contributed by atoms with van der Waals surface area (Å²) in [7, 11) is 0. The maximum atomic E-state index is 8.12. The molecule has 3 N–H and O–H groups in total. The first-order chi connectivity index (χ1) is 13.5. The molecule has 4 aromatic rings. The van der Waals surface area contributed by atoms with Crippen LogP contribution in [0.1, 0.15) is 12.5 Å². The van der Waals surface area contributed by atoms with Crippen LogP contribution >= 0.6 is 45.9 Å². The molecule has 2 aromatic carbocycles. The Bertz CT molecular complexity index is 1060. The Balaban J connectivity index is -0.000000378. The number of hydrogen-bond donors (Lipinski definition) is 0. The van der Waals surface area contributed by atoms with Crippen LogP contribution in [0.5, 0.6) is 0 Å². The first kappa shape index (κ1) is 33.8. The van der Waals surface area contributed by atoms with E-state index in [1.807, 2.05) is 24.3 Å². The Morgan fingerprint density at radius 2 is 1.23 bits per heavy atom. The summed E-state index contributed by atoms with van der Waals surface area (Å²) < 4.78 is 4.28. The van der Waals surface area contributed by atoms with Gasteiger partial charge in [-0.25, -0.2) is 0 Å². The Kier molecular flexibility index (Phi) is 20.7. The first-order valence-corrected chi connectivity index (χ1v) is 10.2. The van der Waals surface area contributed by atoms with Crippen LogP contribution in [0.3, 0.4) is 0 Å². The van der Waals surface area contributed by atoms with Gasteiger partial charge in [-0.05, 0) is 47.0 Å². The third-order valence-electron chi connectivity index (χ3n) is 3.36. The molecule has 160 valence electrons. The maximum absolute atomic E-state index is 8.12. The molecular weight excluding hydrogens is 478 g/mol. The van der Waals surface area contributed by atoms with Crippen LogP contribution in [-0.2, 0) is 25.6 Å². The van der Waals surface area contributed by atoms with Crippen molar-refractivity contribution < 1.29 is 49.0 Å². The van der Waals surface area contributed by atoms with E-state index >= 15 is 0 Å². The molecule has 0 aliphatic carbocycles. The maximum Gasteiger partial charge on any atom is 1.00 e. The minimum atomic E-state index is 0. The zero-order valence-corrected chi connectivity index (χ0v) is 19.7. The fraction of sp³-hybridized carbons (Fsp3) is 0.100. The topological polar surface area (TPSA) is 130 Å². The minimum Gasteiger partial charge on any atom is -0.870 e. The van der Waals surface area contributed by atoms with Gasteiger partial charge in [0.15, 0.2) is 0 Å². The zero-order valence-electron chi connectivity index (χ0n) is 16.6.